The van der Waals surface area contributed by atoms with Gasteiger partial charge in [-0.3, -0.25) is 9.69 Å². The van der Waals surface area contributed by atoms with E-state index in [9.17, 15) is 14.0 Å². The van der Waals surface area contributed by atoms with E-state index >= 15 is 0 Å². The Hall–Kier alpha value is -2.73. The smallest absolute Gasteiger partial charge is 0.337 e. The fourth-order valence-corrected chi connectivity index (χ4v) is 3.29. The van der Waals surface area contributed by atoms with Crippen molar-refractivity contribution in [1.82, 2.24) is 4.90 Å². The summed E-state index contributed by atoms with van der Waals surface area (Å²) in [6.07, 6.45) is 1.54. The van der Waals surface area contributed by atoms with Crippen molar-refractivity contribution in [3.63, 3.8) is 0 Å². The van der Waals surface area contributed by atoms with E-state index in [4.69, 9.17) is 4.74 Å². The van der Waals surface area contributed by atoms with Crippen LogP contribution in [0.4, 0.5) is 10.1 Å². The number of amides is 1. The first-order valence-electron chi connectivity index (χ1n) is 9.01. The first-order valence-corrected chi connectivity index (χ1v) is 9.01. The van der Waals surface area contributed by atoms with Crippen molar-refractivity contribution in [3.8, 4) is 0 Å². The van der Waals surface area contributed by atoms with Crippen molar-refractivity contribution in [2.75, 3.05) is 25.5 Å². The summed E-state index contributed by atoms with van der Waals surface area (Å²) in [6, 6.07) is 13.3. The van der Waals surface area contributed by atoms with Crippen LogP contribution in [0.5, 0.6) is 0 Å². The number of nitrogens with one attached hydrogen (secondary N) is 1. The van der Waals surface area contributed by atoms with Gasteiger partial charge in [0.25, 0.3) is 0 Å². The molecule has 0 radical (unpaired) electrons. The monoisotopic (exact) mass is 370 g/mol. The molecule has 1 heterocycles. The molecule has 0 aromatic heterocycles. The van der Waals surface area contributed by atoms with Crippen molar-refractivity contribution in [2.24, 2.45) is 5.92 Å². The maximum Gasteiger partial charge on any atom is 0.337 e. The normalized spacial score (nSPS) is 15.3. The van der Waals surface area contributed by atoms with E-state index < -0.39 is 5.97 Å². The predicted molar refractivity (Wildman–Crippen MR) is 101 cm³/mol. The SMILES string of the molecule is COC(=O)c1cccc(NC(=O)C2CCN(Cc3ccc(F)cc3)CC2)c1. The van der Waals surface area contributed by atoms with Crippen LogP contribution in [-0.2, 0) is 16.1 Å². The number of halogens is 1. The van der Waals surface area contributed by atoms with E-state index in [-0.39, 0.29) is 17.6 Å². The Balaban J connectivity index is 1.51. The van der Waals surface area contributed by atoms with Crippen molar-refractivity contribution in [3.05, 3.63) is 65.5 Å². The van der Waals surface area contributed by atoms with E-state index in [1.807, 2.05) is 0 Å². The number of piperidine rings is 1. The summed E-state index contributed by atoms with van der Waals surface area (Å²) < 4.78 is 17.7. The Morgan fingerprint density at radius 3 is 2.52 bits per heavy atom. The van der Waals surface area contributed by atoms with E-state index in [1.54, 1.807) is 36.4 Å². The summed E-state index contributed by atoms with van der Waals surface area (Å²) in [6.45, 7) is 2.39. The first kappa shape index (κ1) is 19.0. The topological polar surface area (TPSA) is 58.6 Å². The summed E-state index contributed by atoms with van der Waals surface area (Å²) in [7, 11) is 1.33. The lowest BCUT2D eigenvalue weighted by atomic mass is 9.95. The lowest BCUT2D eigenvalue weighted by Gasteiger charge is -2.31. The molecular formula is C21H23FN2O3. The van der Waals surface area contributed by atoms with Gasteiger partial charge >= 0.3 is 5.97 Å². The van der Waals surface area contributed by atoms with Crippen LogP contribution in [0.3, 0.4) is 0 Å². The molecule has 0 saturated carbocycles. The van der Waals surface area contributed by atoms with Crippen molar-refractivity contribution >= 4 is 17.6 Å². The van der Waals surface area contributed by atoms with Gasteiger partial charge in [-0.15, -0.1) is 0 Å². The van der Waals surface area contributed by atoms with Crippen LogP contribution >= 0.6 is 0 Å². The van der Waals surface area contributed by atoms with Crippen molar-refractivity contribution in [2.45, 2.75) is 19.4 Å². The lowest BCUT2D eigenvalue weighted by molar-refractivity contribution is -0.121. The number of hydrogen-bond acceptors (Lipinski definition) is 4. The number of methoxy groups -OCH3 is 1. The maximum absolute atomic E-state index is 13.0. The van der Waals surface area contributed by atoms with Gasteiger partial charge in [0.1, 0.15) is 5.82 Å². The van der Waals surface area contributed by atoms with Crippen LogP contribution in [0.15, 0.2) is 48.5 Å². The molecule has 1 saturated heterocycles. The predicted octanol–water partition coefficient (Wildman–Crippen LogP) is 3.46. The standard InChI is InChI=1S/C21H23FN2O3/c1-27-21(26)17-3-2-4-19(13-17)23-20(25)16-9-11-24(12-10-16)14-15-5-7-18(22)8-6-15/h2-8,13,16H,9-12,14H2,1H3,(H,23,25). The van der Waals surface area contributed by atoms with E-state index in [0.29, 0.717) is 11.3 Å². The van der Waals surface area contributed by atoms with Crippen molar-refractivity contribution in [1.29, 1.82) is 0 Å². The van der Waals surface area contributed by atoms with Crippen LogP contribution in [0.2, 0.25) is 0 Å². The quantitative estimate of drug-likeness (QED) is 0.819. The van der Waals surface area contributed by atoms with Gasteiger partial charge < -0.3 is 10.1 Å². The number of carbonyl (C=O) groups excluding carboxylic acids is 2. The van der Waals surface area contributed by atoms with Gasteiger partial charge in [0.2, 0.25) is 5.91 Å². The number of hydrogen-bond donors (Lipinski definition) is 1. The Morgan fingerprint density at radius 1 is 1.15 bits per heavy atom. The molecule has 1 N–H and O–H groups in total. The number of likely N-dealkylation sites (tertiary alicyclic amines) is 1. The minimum absolute atomic E-state index is 0.0292. The molecule has 1 aliphatic heterocycles. The number of carbonyl (C=O) groups is 2. The van der Waals surface area contributed by atoms with Gasteiger partial charge in [0.15, 0.2) is 0 Å². The average molecular weight is 370 g/mol. The fourth-order valence-electron chi connectivity index (χ4n) is 3.29. The Morgan fingerprint density at radius 2 is 1.85 bits per heavy atom. The summed E-state index contributed by atoms with van der Waals surface area (Å²) in [4.78, 5) is 26.4. The van der Waals surface area contributed by atoms with Crippen LogP contribution in [0.1, 0.15) is 28.8 Å². The van der Waals surface area contributed by atoms with Gasteiger partial charge in [0, 0.05) is 18.2 Å². The molecule has 2 aromatic rings. The van der Waals surface area contributed by atoms with Gasteiger partial charge in [-0.2, -0.15) is 0 Å². The van der Waals surface area contributed by atoms with Crippen LogP contribution in [0, 0.1) is 11.7 Å². The van der Waals surface area contributed by atoms with Crippen LogP contribution in [-0.4, -0.2) is 37.0 Å². The van der Waals surface area contributed by atoms with E-state index in [0.717, 1.165) is 38.0 Å². The molecule has 0 spiro atoms. The molecule has 27 heavy (non-hydrogen) atoms. The summed E-state index contributed by atoms with van der Waals surface area (Å²) in [5, 5.41) is 2.89. The first-order chi connectivity index (χ1) is 13.0. The lowest BCUT2D eigenvalue weighted by Crippen LogP contribution is -2.37. The highest BCUT2D eigenvalue weighted by Gasteiger charge is 2.25. The largest absolute Gasteiger partial charge is 0.465 e. The molecule has 6 heteroatoms. The molecule has 2 aromatic carbocycles. The third-order valence-corrected chi connectivity index (χ3v) is 4.83. The van der Waals surface area contributed by atoms with Gasteiger partial charge in [-0.1, -0.05) is 18.2 Å². The van der Waals surface area contributed by atoms with Gasteiger partial charge in [-0.05, 0) is 61.8 Å². The number of rotatable bonds is 5. The minimum Gasteiger partial charge on any atom is -0.465 e. The van der Waals surface area contributed by atoms with E-state index in [1.165, 1.54) is 19.2 Å². The average Bonchev–Trinajstić information content (AvgIpc) is 2.70. The highest BCUT2D eigenvalue weighted by atomic mass is 19.1. The zero-order chi connectivity index (χ0) is 19.2. The Bertz CT molecular complexity index is 799. The zero-order valence-corrected chi connectivity index (χ0v) is 15.3. The Labute approximate surface area is 158 Å². The molecule has 5 nitrogen and oxygen atoms in total. The Kier molecular flexibility index (Phi) is 6.19. The van der Waals surface area contributed by atoms with Gasteiger partial charge in [0.05, 0.1) is 12.7 Å². The molecular weight excluding hydrogens is 347 g/mol. The van der Waals surface area contributed by atoms with E-state index in [2.05, 4.69) is 10.2 Å². The highest BCUT2D eigenvalue weighted by Crippen LogP contribution is 2.21. The number of esters is 1. The molecule has 1 amide bonds. The molecule has 0 aliphatic carbocycles. The summed E-state index contributed by atoms with van der Waals surface area (Å²) >= 11 is 0. The number of nitrogens with zero attached hydrogens (tertiary/aromatic N) is 1. The minimum atomic E-state index is -0.430. The zero-order valence-electron chi connectivity index (χ0n) is 15.3. The second kappa shape index (κ2) is 8.77. The third kappa shape index (κ3) is 5.14. The molecule has 142 valence electrons. The second-order valence-electron chi connectivity index (χ2n) is 6.74. The molecule has 3 rings (SSSR count). The highest BCUT2D eigenvalue weighted by molar-refractivity contribution is 5.95. The van der Waals surface area contributed by atoms with Crippen molar-refractivity contribution < 1.29 is 18.7 Å². The molecule has 0 unspecified atom stereocenters. The molecule has 0 atom stereocenters. The summed E-state index contributed by atoms with van der Waals surface area (Å²) in [5.41, 5.74) is 2.07. The second-order valence-corrected chi connectivity index (χ2v) is 6.74. The molecule has 1 aliphatic rings. The molecule has 1 fully saturated rings. The van der Waals surface area contributed by atoms with Crippen LogP contribution in [0.25, 0.3) is 0 Å². The fraction of sp³-hybridized carbons (Fsp3) is 0.333. The molecule has 0 bridgehead atoms. The number of ether oxygens (including phenoxy) is 1. The van der Waals surface area contributed by atoms with Gasteiger partial charge in [-0.25, -0.2) is 9.18 Å². The number of anilines is 1. The third-order valence-electron chi connectivity index (χ3n) is 4.83. The number of benzene rings is 2. The van der Waals surface area contributed by atoms with Crippen LogP contribution < -0.4 is 5.32 Å². The maximum atomic E-state index is 13.0. The summed E-state index contributed by atoms with van der Waals surface area (Å²) in [5.74, 6) is -0.750.